The predicted octanol–water partition coefficient (Wildman–Crippen LogP) is 3.65. The average molecular weight is 366 g/mol. The Kier molecular flexibility index (Phi) is 4.42. The van der Waals surface area contributed by atoms with Gasteiger partial charge in [-0.15, -0.1) is 0 Å². The molecule has 1 amide bonds. The van der Waals surface area contributed by atoms with Crippen LogP contribution < -0.4 is 5.32 Å². The third-order valence-corrected chi connectivity index (χ3v) is 4.27. The first-order chi connectivity index (χ1) is 13.1. The number of hydrogen-bond donors (Lipinski definition) is 1. The third kappa shape index (κ3) is 3.57. The molecular weight excluding hydrogens is 351 g/mol. The SMILES string of the molecule is O=C1C[C@H](C(=O)OCc2coc(-c3ccccc3)n2)c2ccc(F)cc2N1. The number of anilines is 1. The molecule has 1 aliphatic rings. The van der Waals surface area contributed by atoms with E-state index >= 15 is 0 Å². The van der Waals surface area contributed by atoms with E-state index in [1.54, 1.807) is 0 Å². The number of amides is 1. The van der Waals surface area contributed by atoms with Crippen molar-refractivity contribution in [3.63, 3.8) is 0 Å². The number of carbonyl (C=O) groups excluding carboxylic acids is 2. The maximum atomic E-state index is 13.4. The lowest BCUT2D eigenvalue weighted by molar-refractivity contribution is -0.148. The van der Waals surface area contributed by atoms with Gasteiger partial charge < -0.3 is 14.5 Å². The molecule has 2 heterocycles. The van der Waals surface area contributed by atoms with Crippen LogP contribution in [0.15, 0.2) is 59.2 Å². The number of nitrogens with zero attached hydrogens (tertiary/aromatic N) is 1. The normalized spacial score (nSPS) is 15.7. The topological polar surface area (TPSA) is 81.4 Å². The number of carbonyl (C=O) groups is 2. The molecule has 0 bridgehead atoms. The second-order valence-corrected chi connectivity index (χ2v) is 6.15. The highest BCUT2D eigenvalue weighted by molar-refractivity contribution is 5.99. The van der Waals surface area contributed by atoms with Crippen LogP contribution in [0.5, 0.6) is 0 Å². The highest BCUT2D eigenvalue weighted by Crippen LogP contribution is 2.33. The summed E-state index contributed by atoms with van der Waals surface area (Å²) in [6, 6.07) is 13.3. The molecule has 3 aromatic rings. The molecule has 0 saturated heterocycles. The van der Waals surface area contributed by atoms with Gasteiger partial charge in [0, 0.05) is 17.7 Å². The van der Waals surface area contributed by atoms with Gasteiger partial charge in [0.25, 0.3) is 0 Å². The van der Waals surface area contributed by atoms with Gasteiger partial charge in [-0.1, -0.05) is 24.3 Å². The van der Waals surface area contributed by atoms with Crippen molar-refractivity contribution in [2.24, 2.45) is 0 Å². The minimum absolute atomic E-state index is 0.0501. The lowest BCUT2D eigenvalue weighted by Gasteiger charge is -2.24. The molecule has 6 nitrogen and oxygen atoms in total. The fraction of sp³-hybridized carbons (Fsp3) is 0.150. The molecule has 2 aromatic carbocycles. The van der Waals surface area contributed by atoms with E-state index in [4.69, 9.17) is 9.15 Å². The number of aromatic nitrogens is 1. The fourth-order valence-corrected chi connectivity index (χ4v) is 2.98. The van der Waals surface area contributed by atoms with Crippen molar-refractivity contribution in [3.8, 4) is 11.5 Å². The van der Waals surface area contributed by atoms with Crippen LogP contribution in [-0.2, 0) is 20.9 Å². The van der Waals surface area contributed by atoms with E-state index in [-0.39, 0.29) is 18.9 Å². The van der Waals surface area contributed by atoms with Crippen LogP contribution in [-0.4, -0.2) is 16.9 Å². The molecule has 7 heteroatoms. The molecular formula is C20H15FN2O4. The summed E-state index contributed by atoms with van der Waals surface area (Å²) in [5.74, 6) is -1.77. The van der Waals surface area contributed by atoms with Crippen molar-refractivity contribution < 1.29 is 23.1 Å². The first-order valence-electron chi connectivity index (χ1n) is 8.36. The molecule has 27 heavy (non-hydrogen) atoms. The van der Waals surface area contributed by atoms with Crippen molar-refractivity contribution in [2.75, 3.05) is 5.32 Å². The Labute approximate surface area is 154 Å². The maximum absolute atomic E-state index is 13.4. The Morgan fingerprint density at radius 2 is 2.07 bits per heavy atom. The van der Waals surface area contributed by atoms with Gasteiger partial charge in [0.15, 0.2) is 0 Å². The lowest BCUT2D eigenvalue weighted by Crippen LogP contribution is -2.28. The van der Waals surface area contributed by atoms with Crippen LogP contribution >= 0.6 is 0 Å². The second-order valence-electron chi connectivity index (χ2n) is 6.15. The van der Waals surface area contributed by atoms with Crippen molar-refractivity contribution in [1.82, 2.24) is 4.98 Å². The number of ether oxygens (including phenoxy) is 1. The first-order valence-corrected chi connectivity index (χ1v) is 8.36. The van der Waals surface area contributed by atoms with Crippen molar-refractivity contribution >= 4 is 17.6 Å². The first kappa shape index (κ1) is 17.0. The van der Waals surface area contributed by atoms with Gasteiger partial charge in [-0.25, -0.2) is 9.37 Å². The zero-order valence-electron chi connectivity index (χ0n) is 14.1. The number of hydrogen-bond acceptors (Lipinski definition) is 5. The van der Waals surface area contributed by atoms with Gasteiger partial charge in [-0.05, 0) is 29.8 Å². The molecule has 4 rings (SSSR count). The van der Waals surface area contributed by atoms with Crippen LogP contribution in [0.25, 0.3) is 11.5 Å². The molecule has 1 N–H and O–H groups in total. The van der Waals surface area contributed by atoms with Crippen LogP contribution in [0.2, 0.25) is 0 Å². The highest BCUT2D eigenvalue weighted by atomic mass is 19.1. The standard InChI is InChI=1S/C20H15FN2O4/c21-13-6-7-15-16(9-18(24)23-17(15)8-13)20(25)27-11-14-10-26-19(22-14)12-4-2-1-3-5-12/h1-8,10,16H,9,11H2,(H,23,24)/t16-/m0/s1. The summed E-state index contributed by atoms with van der Waals surface area (Å²) in [5.41, 5.74) is 2.10. The van der Waals surface area contributed by atoms with Gasteiger partial charge >= 0.3 is 5.97 Å². The summed E-state index contributed by atoms with van der Waals surface area (Å²) in [6.45, 7) is -0.0795. The van der Waals surface area contributed by atoms with E-state index < -0.39 is 17.7 Å². The predicted molar refractivity (Wildman–Crippen MR) is 94.1 cm³/mol. The minimum atomic E-state index is -0.783. The van der Waals surface area contributed by atoms with E-state index in [1.807, 2.05) is 30.3 Å². The number of nitrogens with one attached hydrogen (secondary N) is 1. The number of esters is 1. The number of benzene rings is 2. The van der Waals surface area contributed by atoms with E-state index in [0.717, 1.165) is 5.56 Å². The summed E-state index contributed by atoms with van der Waals surface area (Å²) in [7, 11) is 0. The Morgan fingerprint density at radius 1 is 1.26 bits per heavy atom. The smallest absolute Gasteiger partial charge is 0.314 e. The summed E-state index contributed by atoms with van der Waals surface area (Å²) in [5, 5.41) is 2.57. The zero-order valence-corrected chi connectivity index (χ0v) is 14.1. The van der Waals surface area contributed by atoms with Crippen molar-refractivity contribution in [2.45, 2.75) is 18.9 Å². The van der Waals surface area contributed by atoms with Crippen LogP contribution in [0, 0.1) is 5.82 Å². The molecule has 0 fully saturated rings. The largest absolute Gasteiger partial charge is 0.459 e. The van der Waals surface area contributed by atoms with Gasteiger partial charge in [0.2, 0.25) is 11.8 Å². The highest BCUT2D eigenvalue weighted by Gasteiger charge is 2.32. The Bertz CT molecular complexity index is 1000. The third-order valence-electron chi connectivity index (χ3n) is 4.27. The molecule has 0 saturated carbocycles. The molecule has 0 spiro atoms. The Balaban J connectivity index is 1.46. The van der Waals surface area contributed by atoms with Crippen molar-refractivity contribution in [3.05, 3.63) is 71.9 Å². The quantitative estimate of drug-likeness (QED) is 0.713. The Morgan fingerprint density at radius 3 is 2.89 bits per heavy atom. The van der Waals surface area contributed by atoms with E-state index in [2.05, 4.69) is 10.3 Å². The fourth-order valence-electron chi connectivity index (χ4n) is 2.98. The van der Waals surface area contributed by atoms with Crippen LogP contribution in [0.4, 0.5) is 10.1 Å². The molecule has 1 atom stereocenters. The zero-order chi connectivity index (χ0) is 18.8. The van der Waals surface area contributed by atoms with E-state index in [0.29, 0.717) is 22.8 Å². The molecule has 0 aliphatic carbocycles. The molecule has 1 aromatic heterocycles. The van der Waals surface area contributed by atoms with Crippen molar-refractivity contribution in [1.29, 1.82) is 0 Å². The number of halogens is 1. The summed E-state index contributed by atoms with van der Waals surface area (Å²) < 4.78 is 24.1. The van der Waals surface area contributed by atoms with Gasteiger partial charge in [0.1, 0.15) is 24.4 Å². The van der Waals surface area contributed by atoms with Crippen LogP contribution in [0.1, 0.15) is 23.6 Å². The lowest BCUT2D eigenvalue weighted by atomic mass is 9.90. The van der Waals surface area contributed by atoms with Gasteiger partial charge in [-0.2, -0.15) is 0 Å². The van der Waals surface area contributed by atoms with Gasteiger partial charge in [0.05, 0.1) is 5.92 Å². The summed E-state index contributed by atoms with van der Waals surface area (Å²) >= 11 is 0. The van der Waals surface area contributed by atoms with Crippen LogP contribution in [0.3, 0.4) is 0 Å². The van der Waals surface area contributed by atoms with E-state index in [1.165, 1.54) is 24.5 Å². The minimum Gasteiger partial charge on any atom is -0.459 e. The summed E-state index contributed by atoms with van der Waals surface area (Å²) in [4.78, 5) is 28.6. The number of rotatable bonds is 4. The molecule has 0 unspecified atom stereocenters. The molecule has 0 radical (unpaired) electrons. The Hall–Kier alpha value is -3.48. The second kappa shape index (κ2) is 7.03. The molecule has 136 valence electrons. The number of fused-ring (bicyclic) bond motifs is 1. The van der Waals surface area contributed by atoms with Gasteiger partial charge in [-0.3, -0.25) is 9.59 Å². The van der Waals surface area contributed by atoms with E-state index in [9.17, 15) is 14.0 Å². The maximum Gasteiger partial charge on any atom is 0.314 e. The monoisotopic (exact) mass is 366 g/mol. The number of oxazole rings is 1. The summed E-state index contributed by atoms with van der Waals surface area (Å²) in [6.07, 6.45) is 1.37. The average Bonchev–Trinajstić information content (AvgIpc) is 3.15. The molecule has 1 aliphatic heterocycles.